The van der Waals surface area contributed by atoms with Gasteiger partial charge in [-0.2, -0.15) is 0 Å². The first-order valence-corrected chi connectivity index (χ1v) is 11.9. The van der Waals surface area contributed by atoms with Gasteiger partial charge in [0.2, 0.25) is 11.8 Å². The highest BCUT2D eigenvalue weighted by molar-refractivity contribution is 7.10. The lowest BCUT2D eigenvalue weighted by atomic mass is 9.92. The Morgan fingerprint density at radius 3 is 2.33 bits per heavy atom. The zero-order chi connectivity index (χ0) is 20.8. The molecule has 30 heavy (non-hydrogen) atoms. The molecule has 3 heterocycles. The molecular formula is C24H31N3O2S. The first-order valence-electron chi connectivity index (χ1n) is 11.0. The molecule has 1 N–H and O–H groups in total. The minimum atomic E-state index is 0.123. The van der Waals surface area contributed by atoms with Crippen LogP contribution in [-0.2, 0) is 22.6 Å². The van der Waals surface area contributed by atoms with E-state index in [1.165, 1.54) is 0 Å². The maximum atomic E-state index is 12.5. The van der Waals surface area contributed by atoms with E-state index in [1.54, 1.807) is 11.3 Å². The SMILES string of the molecule is O=C(NCc1ccccc1)C1CCN(C2CCN(C(=O)Cc3cccs3)CC2)CC1. The number of thiophene rings is 1. The smallest absolute Gasteiger partial charge is 0.227 e. The fraction of sp³-hybridized carbons (Fsp3) is 0.500. The molecular weight excluding hydrogens is 394 g/mol. The van der Waals surface area contributed by atoms with Crippen molar-refractivity contribution in [3.8, 4) is 0 Å². The number of benzene rings is 1. The van der Waals surface area contributed by atoms with Gasteiger partial charge in [0.15, 0.2) is 0 Å². The van der Waals surface area contributed by atoms with Crippen LogP contribution >= 0.6 is 11.3 Å². The van der Waals surface area contributed by atoms with E-state index in [-0.39, 0.29) is 17.7 Å². The van der Waals surface area contributed by atoms with Crippen molar-refractivity contribution in [2.75, 3.05) is 26.2 Å². The highest BCUT2D eigenvalue weighted by Gasteiger charge is 2.31. The van der Waals surface area contributed by atoms with Crippen LogP contribution in [0.3, 0.4) is 0 Å². The topological polar surface area (TPSA) is 52.7 Å². The molecule has 1 aromatic heterocycles. The maximum Gasteiger partial charge on any atom is 0.227 e. The van der Waals surface area contributed by atoms with Gasteiger partial charge in [-0.25, -0.2) is 0 Å². The molecule has 0 spiro atoms. The van der Waals surface area contributed by atoms with Gasteiger partial charge in [-0.1, -0.05) is 36.4 Å². The summed E-state index contributed by atoms with van der Waals surface area (Å²) in [5.41, 5.74) is 1.14. The molecule has 6 heteroatoms. The minimum Gasteiger partial charge on any atom is -0.352 e. The molecule has 0 atom stereocenters. The number of amides is 2. The van der Waals surface area contributed by atoms with Gasteiger partial charge in [-0.05, 0) is 55.8 Å². The molecule has 2 saturated heterocycles. The van der Waals surface area contributed by atoms with E-state index >= 15 is 0 Å². The van der Waals surface area contributed by atoms with Gasteiger partial charge in [0.1, 0.15) is 0 Å². The van der Waals surface area contributed by atoms with Crippen LogP contribution in [0, 0.1) is 5.92 Å². The molecule has 2 fully saturated rings. The molecule has 5 nitrogen and oxygen atoms in total. The summed E-state index contributed by atoms with van der Waals surface area (Å²) in [7, 11) is 0. The van der Waals surface area contributed by atoms with E-state index in [4.69, 9.17) is 0 Å². The largest absolute Gasteiger partial charge is 0.352 e. The van der Waals surface area contributed by atoms with Gasteiger partial charge in [0.25, 0.3) is 0 Å². The van der Waals surface area contributed by atoms with Crippen molar-refractivity contribution in [3.05, 3.63) is 58.3 Å². The van der Waals surface area contributed by atoms with Crippen LogP contribution < -0.4 is 5.32 Å². The Hall–Kier alpha value is -2.18. The van der Waals surface area contributed by atoms with Crippen molar-refractivity contribution in [1.82, 2.24) is 15.1 Å². The summed E-state index contributed by atoms with van der Waals surface area (Å²) in [6, 6.07) is 14.7. The molecule has 1 aromatic carbocycles. The van der Waals surface area contributed by atoms with Gasteiger partial charge >= 0.3 is 0 Å². The van der Waals surface area contributed by atoms with Crippen LogP contribution in [0.25, 0.3) is 0 Å². The average molecular weight is 426 g/mol. The van der Waals surface area contributed by atoms with Crippen LogP contribution in [0.2, 0.25) is 0 Å². The standard InChI is InChI=1S/C24H31N3O2S/c28-23(17-22-7-4-16-30-22)27-14-10-21(11-15-27)26-12-8-20(9-13-26)24(29)25-18-19-5-2-1-3-6-19/h1-7,16,20-21H,8-15,17-18H2,(H,25,29). The molecule has 0 bridgehead atoms. The minimum absolute atomic E-state index is 0.123. The van der Waals surface area contributed by atoms with E-state index in [0.717, 1.165) is 62.3 Å². The molecule has 160 valence electrons. The monoisotopic (exact) mass is 425 g/mol. The predicted octanol–water partition coefficient (Wildman–Crippen LogP) is 3.31. The molecule has 0 aliphatic carbocycles. The van der Waals surface area contributed by atoms with Crippen molar-refractivity contribution in [2.45, 2.75) is 44.7 Å². The number of carbonyl (C=O) groups excluding carboxylic acids is 2. The Balaban J connectivity index is 1.17. The number of nitrogens with one attached hydrogen (secondary N) is 1. The Morgan fingerprint density at radius 1 is 0.933 bits per heavy atom. The van der Waals surface area contributed by atoms with Crippen molar-refractivity contribution in [2.24, 2.45) is 5.92 Å². The van der Waals surface area contributed by atoms with Gasteiger partial charge < -0.3 is 15.1 Å². The first kappa shape index (κ1) is 21.1. The highest BCUT2D eigenvalue weighted by Crippen LogP contribution is 2.24. The number of carbonyl (C=O) groups is 2. The Kier molecular flexibility index (Phi) is 7.18. The lowest BCUT2D eigenvalue weighted by molar-refractivity contribution is -0.132. The van der Waals surface area contributed by atoms with E-state index in [1.807, 2.05) is 52.7 Å². The second-order valence-electron chi connectivity index (χ2n) is 8.38. The molecule has 2 aromatic rings. The average Bonchev–Trinajstić information content (AvgIpc) is 3.31. The Morgan fingerprint density at radius 2 is 1.67 bits per heavy atom. The van der Waals surface area contributed by atoms with Crippen LogP contribution in [0.4, 0.5) is 0 Å². The van der Waals surface area contributed by atoms with Gasteiger partial charge in [-0.3, -0.25) is 9.59 Å². The van der Waals surface area contributed by atoms with Crippen LogP contribution in [-0.4, -0.2) is 53.8 Å². The van der Waals surface area contributed by atoms with E-state index in [9.17, 15) is 9.59 Å². The van der Waals surface area contributed by atoms with Crippen LogP contribution in [0.5, 0.6) is 0 Å². The quantitative estimate of drug-likeness (QED) is 0.773. The second kappa shape index (κ2) is 10.2. The van der Waals surface area contributed by atoms with Gasteiger partial charge in [-0.15, -0.1) is 11.3 Å². The number of hydrogen-bond donors (Lipinski definition) is 1. The number of nitrogens with zero attached hydrogens (tertiary/aromatic N) is 2. The molecule has 0 radical (unpaired) electrons. The van der Waals surface area contributed by atoms with Gasteiger partial charge in [0.05, 0.1) is 6.42 Å². The number of rotatable bonds is 6. The van der Waals surface area contributed by atoms with Crippen LogP contribution in [0.15, 0.2) is 47.8 Å². The van der Waals surface area contributed by atoms with Crippen LogP contribution in [0.1, 0.15) is 36.1 Å². The fourth-order valence-corrected chi connectivity index (χ4v) is 5.31. The van der Waals surface area contributed by atoms with E-state index in [2.05, 4.69) is 10.2 Å². The normalized spacial score (nSPS) is 19.0. The molecule has 4 rings (SSSR count). The third kappa shape index (κ3) is 5.49. The number of hydrogen-bond acceptors (Lipinski definition) is 4. The van der Waals surface area contributed by atoms with E-state index < -0.39 is 0 Å². The predicted molar refractivity (Wildman–Crippen MR) is 120 cm³/mol. The summed E-state index contributed by atoms with van der Waals surface area (Å²) in [5.74, 6) is 0.564. The lowest BCUT2D eigenvalue weighted by Gasteiger charge is -2.41. The molecule has 0 unspecified atom stereocenters. The molecule has 2 amide bonds. The third-order valence-corrected chi connectivity index (χ3v) is 7.33. The van der Waals surface area contributed by atoms with Crippen molar-refractivity contribution < 1.29 is 9.59 Å². The lowest BCUT2D eigenvalue weighted by Crippen LogP contribution is -2.50. The van der Waals surface area contributed by atoms with E-state index in [0.29, 0.717) is 19.0 Å². The number of piperidine rings is 2. The summed E-state index contributed by atoms with van der Waals surface area (Å²) < 4.78 is 0. The van der Waals surface area contributed by atoms with Crippen molar-refractivity contribution in [1.29, 1.82) is 0 Å². The molecule has 2 aliphatic rings. The summed E-state index contributed by atoms with van der Waals surface area (Å²) in [4.78, 5) is 30.8. The zero-order valence-electron chi connectivity index (χ0n) is 17.5. The summed E-state index contributed by atoms with van der Waals surface area (Å²) in [6.07, 6.45) is 4.48. The highest BCUT2D eigenvalue weighted by atomic mass is 32.1. The first-order chi connectivity index (χ1) is 14.7. The fourth-order valence-electron chi connectivity index (χ4n) is 4.61. The summed E-state index contributed by atoms with van der Waals surface area (Å²) >= 11 is 1.65. The Bertz CT molecular complexity index is 808. The second-order valence-corrected chi connectivity index (χ2v) is 9.41. The van der Waals surface area contributed by atoms with Crippen molar-refractivity contribution in [3.63, 3.8) is 0 Å². The maximum absolute atomic E-state index is 12.5. The molecule has 0 saturated carbocycles. The molecule has 2 aliphatic heterocycles. The summed E-state index contributed by atoms with van der Waals surface area (Å²) in [6.45, 7) is 4.28. The summed E-state index contributed by atoms with van der Waals surface area (Å²) in [5, 5.41) is 5.13. The third-order valence-electron chi connectivity index (χ3n) is 6.45. The Labute approximate surface area is 183 Å². The number of likely N-dealkylation sites (tertiary alicyclic amines) is 2. The zero-order valence-corrected chi connectivity index (χ0v) is 18.3. The van der Waals surface area contributed by atoms with Crippen molar-refractivity contribution >= 4 is 23.2 Å². The van der Waals surface area contributed by atoms with Gasteiger partial charge in [0, 0.05) is 36.5 Å².